The maximum absolute atomic E-state index is 13.0. The van der Waals surface area contributed by atoms with Crippen molar-refractivity contribution in [3.8, 4) is 11.5 Å². The Labute approximate surface area is 166 Å². The van der Waals surface area contributed by atoms with Crippen LogP contribution in [0.2, 0.25) is 0 Å². The molecule has 28 heavy (non-hydrogen) atoms. The summed E-state index contributed by atoms with van der Waals surface area (Å²) in [6.07, 6.45) is -2.53. The number of ketones is 1. The molecule has 2 aromatic carbocycles. The van der Waals surface area contributed by atoms with E-state index in [1.54, 1.807) is 6.07 Å². The van der Waals surface area contributed by atoms with Gasteiger partial charge in [-0.25, -0.2) is 0 Å². The van der Waals surface area contributed by atoms with E-state index < -0.39 is 39.3 Å². The van der Waals surface area contributed by atoms with Gasteiger partial charge in [0, 0.05) is 5.56 Å². The molecule has 0 aromatic heterocycles. The van der Waals surface area contributed by atoms with Crippen LogP contribution in [0.15, 0.2) is 60.2 Å². The van der Waals surface area contributed by atoms with Crippen molar-refractivity contribution in [1.29, 1.82) is 0 Å². The largest absolute Gasteiger partial charge is 0.497 e. The van der Waals surface area contributed by atoms with E-state index in [-0.39, 0.29) is 22.6 Å². The molecule has 0 spiro atoms. The van der Waals surface area contributed by atoms with Gasteiger partial charge in [-0.1, -0.05) is 30.3 Å². The van der Waals surface area contributed by atoms with Crippen LogP contribution >= 0.6 is 0 Å². The van der Waals surface area contributed by atoms with Gasteiger partial charge in [-0.3, -0.25) is 4.79 Å². The number of methoxy groups -OCH3 is 2. The first-order chi connectivity index (χ1) is 14.5. The standard InChI is InChI=1S/C19H19NO7S/c1-24-13-8-9-15(25-2)14(10-13)17-16(21)18(19(20)26-17)27-28(22,23)11-12-6-4-3-5-7-12/h3-10,17H,11,20H2,1-2H3/i11D2,17D. The van der Waals surface area contributed by atoms with Crippen molar-refractivity contribution in [2.45, 2.75) is 11.8 Å². The van der Waals surface area contributed by atoms with E-state index in [0.29, 0.717) is 0 Å². The number of hydrogen-bond acceptors (Lipinski definition) is 8. The highest BCUT2D eigenvalue weighted by Gasteiger charge is 2.41. The first-order valence-electron chi connectivity index (χ1n) is 9.43. The first-order valence-corrected chi connectivity index (χ1v) is 9.34. The second-order valence-electron chi connectivity index (χ2n) is 5.53. The van der Waals surface area contributed by atoms with Crippen LogP contribution in [-0.4, -0.2) is 28.4 Å². The van der Waals surface area contributed by atoms with Crippen LogP contribution in [0, 0.1) is 0 Å². The van der Waals surface area contributed by atoms with Gasteiger partial charge in [0.1, 0.15) is 17.2 Å². The van der Waals surface area contributed by atoms with Crippen molar-refractivity contribution in [3.05, 3.63) is 71.3 Å². The van der Waals surface area contributed by atoms with Gasteiger partial charge in [-0.15, -0.1) is 0 Å². The topological polar surface area (TPSA) is 114 Å². The fourth-order valence-electron chi connectivity index (χ4n) is 2.45. The molecule has 1 aliphatic heterocycles. The van der Waals surface area contributed by atoms with Crippen LogP contribution in [-0.2, 0) is 29.5 Å². The minimum absolute atomic E-state index is 0.0840. The van der Waals surface area contributed by atoms with Crippen molar-refractivity contribution < 1.29 is 35.7 Å². The molecule has 3 rings (SSSR count). The molecule has 1 aliphatic rings. The molecule has 8 nitrogen and oxygen atoms in total. The maximum atomic E-state index is 13.0. The first kappa shape index (κ1) is 15.8. The molecule has 0 aliphatic carbocycles. The summed E-state index contributed by atoms with van der Waals surface area (Å²) >= 11 is 0. The molecule has 0 fully saturated rings. The summed E-state index contributed by atoms with van der Waals surface area (Å²) in [5.74, 6) is -2.67. The van der Waals surface area contributed by atoms with E-state index in [9.17, 15) is 13.2 Å². The van der Waals surface area contributed by atoms with E-state index >= 15 is 0 Å². The van der Waals surface area contributed by atoms with Crippen molar-refractivity contribution in [1.82, 2.24) is 0 Å². The number of Topliss-reactive ketones (excluding diaryl/α,β-unsaturated/α-hetero) is 1. The van der Waals surface area contributed by atoms with E-state index in [1.807, 2.05) is 0 Å². The Hall–Kier alpha value is -3.20. The minimum atomic E-state index is -5.07. The van der Waals surface area contributed by atoms with Gasteiger partial charge in [0.25, 0.3) is 0 Å². The Morgan fingerprint density at radius 2 is 1.89 bits per heavy atom. The lowest BCUT2D eigenvalue weighted by Gasteiger charge is -2.15. The zero-order valence-corrected chi connectivity index (χ0v) is 15.8. The molecule has 0 saturated carbocycles. The summed E-state index contributed by atoms with van der Waals surface area (Å²) in [4.78, 5) is 13.0. The average molecular weight is 408 g/mol. The Balaban J connectivity index is 1.99. The normalized spacial score (nSPS) is 21.4. The molecule has 1 unspecified atom stereocenters. The van der Waals surface area contributed by atoms with Crippen LogP contribution in [0.5, 0.6) is 11.5 Å². The number of carbonyl (C=O) groups excluding carboxylic acids is 1. The molecule has 148 valence electrons. The van der Waals surface area contributed by atoms with Crippen molar-refractivity contribution in [3.63, 3.8) is 0 Å². The molecular weight excluding hydrogens is 386 g/mol. The predicted octanol–water partition coefficient (Wildman–Crippen LogP) is 2.02. The number of carbonyl (C=O) groups is 1. The maximum Gasteiger partial charge on any atom is 0.313 e. The number of benzene rings is 2. The zero-order valence-electron chi connectivity index (χ0n) is 18.0. The van der Waals surface area contributed by atoms with E-state index in [0.717, 1.165) is 0 Å². The van der Waals surface area contributed by atoms with Crippen LogP contribution < -0.4 is 15.2 Å². The average Bonchev–Trinajstić information content (AvgIpc) is 2.97. The van der Waals surface area contributed by atoms with Crippen molar-refractivity contribution in [2.24, 2.45) is 5.73 Å². The van der Waals surface area contributed by atoms with Crippen LogP contribution in [0.4, 0.5) is 0 Å². The fraction of sp³-hybridized carbons (Fsp3) is 0.211. The van der Waals surface area contributed by atoms with Gasteiger partial charge in [0.2, 0.25) is 17.4 Å². The molecule has 0 bridgehead atoms. The van der Waals surface area contributed by atoms with E-state index in [2.05, 4.69) is 0 Å². The van der Waals surface area contributed by atoms with Crippen LogP contribution in [0.3, 0.4) is 0 Å². The number of ether oxygens (including phenoxy) is 3. The van der Waals surface area contributed by atoms with Crippen molar-refractivity contribution in [2.75, 3.05) is 14.2 Å². The number of hydrogen-bond donors (Lipinski definition) is 1. The molecule has 1 heterocycles. The quantitative estimate of drug-likeness (QED) is 0.692. The van der Waals surface area contributed by atoms with Gasteiger partial charge >= 0.3 is 10.1 Å². The Bertz CT molecular complexity index is 1150. The summed E-state index contributed by atoms with van der Waals surface area (Å²) in [6.45, 7) is 0. The third-order valence-corrected chi connectivity index (χ3v) is 4.58. The highest BCUT2D eigenvalue weighted by Crippen LogP contribution is 2.38. The smallest absolute Gasteiger partial charge is 0.313 e. The van der Waals surface area contributed by atoms with Crippen molar-refractivity contribution >= 4 is 15.9 Å². The van der Waals surface area contributed by atoms with E-state index in [4.69, 9.17) is 28.2 Å². The van der Waals surface area contributed by atoms with Gasteiger partial charge in [-0.05, 0) is 23.8 Å². The molecule has 2 N–H and O–H groups in total. The second-order valence-corrected chi connectivity index (χ2v) is 6.80. The summed E-state index contributed by atoms with van der Waals surface area (Å²) in [6, 6.07) is 11.2. The SMILES string of the molecule is [2H]C1(c2cc(OC)ccc2OC)OC(N)=C(OS(=O)(=O)C([2H])([2H])c2ccccc2)C1=O. The zero-order chi connectivity index (χ0) is 23.0. The molecule has 9 heteroatoms. The lowest BCUT2D eigenvalue weighted by molar-refractivity contribution is -0.123. The van der Waals surface area contributed by atoms with E-state index in [1.165, 1.54) is 56.7 Å². The highest BCUT2D eigenvalue weighted by molar-refractivity contribution is 7.86. The second kappa shape index (κ2) is 7.81. The molecule has 1 atom stereocenters. The Morgan fingerprint density at radius 3 is 2.54 bits per heavy atom. The monoisotopic (exact) mass is 408 g/mol. The van der Waals surface area contributed by atoms with Crippen LogP contribution in [0.1, 0.15) is 21.3 Å². The summed E-state index contributed by atoms with van der Waals surface area (Å²) in [5, 5.41) is 0. The summed E-state index contributed by atoms with van der Waals surface area (Å²) in [7, 11) is -2.39. The third kappa shape index (κ3) is 4.04. The summed E-state index contributed by atoms with van der Waals surface area (Å²) in [5.41, 5.74) is 2.33. The third-order valence-electron chi connectivity index (χ3n) is 3.71. The fourth-order valence-corrected chi connectivity index (χ4v) is 3.29. The molecule has 0 amide bonds. The highest BCUT2D eigenvalue weighted by atomic mass is 32.2. The Kier molecular flexibility index (Phi) is 4.41. The molecule has 0 saturated heterocycles. The number of rotatable bonds is 7. The molecule has 0 radical (unpaired) electrons. The summed E-state index contributed by atoms with van der Waals surface area (Å²) < 4.78 is 70.1. The van der Waals surface area contributed by atoms with Gasteiger partial charge in [0.05, 0.1) is 18.3 Å². The van der Waals surface area contributed by atoms with Gasteiger partial charge in [-0.2, -0.15) is 8.42 Å². The van der Waals surface area contributed by atoms with Gasteiger partial charge < -0.3 is 24.1 Å². The minimum Gasteiger partial charge on any atom is -0.497 e. The lowest BCUT2D eigenvalue weighted by Crippen LogP contribution is -2.16. The van der Waals surface area contributed by atoms with Crippen LogP contribution in [0.25, 0.3) is 0 Å². The molecular formula is C19H19NO7S. The molecule has 2 aromatic rings. The predicted molar refractivity (Wildman–Crippen MR) is 99.7 cm³/mol. The lowest BCUT2D eigenvalue weighted by atomic mass is 10.0. The Morgan fingerprint density at radius 1 is 1.18 bits per heavy atom. The van der Waals surface area contributed by atoms with Gasteiger partial charge in [0.15, 0.2) is 6.08 Å². The number of nitrogens with two attached hydrogens (primary N) is 1.